The topological polar surface area (TPSA) is 26.0 Å². The highest BCUT2D eigenvalue weighted by Crippen LogP contribution is 2.27. The predicted molar refractivity (Wildman–Crippen MR) is 60.1 cm³/mol. The van der Waals surface area contributed by atoms with Gasteiger partial charge >= 0.3 is 0 Å². The lowest BCUT2D eigenvalue weighted by Gasteiger charge is -2.11. The normalized spacial score (nSPS) is 12.8. The molecular weight excluding hydrogens is 178 g/mol. The number of nitrogens with two attached hydrogens (primary N) is 1. The third kappa shape index (κ3) is 2.68. The zero-order valence-corrected chi connectivity index (χ0v) is 9.16. The molecule has 0 spiro atoms. The largest absolute Gasteiger partial charge is 0.323 e. The molecule has 1 rings (SSSR count). The van der Waals surface area contributed by atoms with Crippen molar-refractivity contribution in [2.45, 2.75) is 32.7 Å². The highest BCUT2D eigenvalue weighted by Gasteiger charge is 2.11. The second kappa shape index (κ2) is 4.58. The first kappa shape index (κ1) is 10.5. The summed E-state index contributed by atoms with van der Waals surface area (Å²) >= 11 is 1.76. The zero-order chi connectivity index (χ0) is 9.84. The lowest BCUT2D eigenvalue weighted by Crippen LogP contribution is -2.10. The maximum atomic E-state index is 6.07. The van der Waals surface area contributed by atoms with Crippen LogP contribution >= 0.6 is 11.3 Å². The van der Waals surface area contributed by atoms with E-state index in [1.807, 2.05) is 6.92 Å². The summed E-state index contributed by atoms with van der Waals surface area (Å²) in [4.78, 5) is 1.32. The highest BCUT2D eigenvalue weighted by molar-refractivity contribution is 7.10. The Morgan fingerprint density at radius 1 is 1.69 bits per heavy atom. The van der Waals surface area contributed by atoms with Gasteiger partial charge in [0.2, 0.25) is 0 Å². The van der Waals surface area contributed by atoms with E-state index in [0.29, 0.717) is 0 Å². The van der Waals surface area contributed by atoms with Crippen molar-refractivity contribution in [3.8, 4) is 0 Å². The molecule has 2 N–H and O–H groups in total. The van der Waals surface area contributed by atoms with Gasteiger partial charge in [0.05, 0.1) is 0 Å². The average Bonchev–Trinajstić information content (AvgIpc) is 2.49. The Balaban J connectivity index is 2.75. The minimum absolute atomic E-state index is 0.146. The van der Waals surface area contributed by atoms with Crippen LogP contribution in [0.5, 0.6) is 0 Å². The number of rotatable bonds is 4. The minimum Gasteiger partial charge on any atom is -0.323 e. The molecule has 2 heteroatoms. The summed E-state index contributed by atoms with van der Waals surface area (Å²) in [6, 6.07) is 2.31. The van der Waals surface area contributed by atoms with Gasteiger partial charge in [0.1, 0.15) is 0 Å². The minimum atomic E-state index is 0.146. The lowest BCUT2D eigenvalue weighted by atomic mass is 10.0. The molecule has 0 saturated heterocycles. The Morgan fingerprint density at radius 3 is 2.92 bits per heavy atom. The Kier molecular flexibility index (Phi) is 3.70. The Labute approximate surface area is 84.3 Å². The van der Waals surface area contributed by atoms with E-state index in [2.05, 4.69) is 24.9 Å². The van der Waals surface area contributed by atoms with Gasteiger partial charge in [-0.25, -0.2) is 0 Å². The maximum absolute atomic E-state index is 6.07. The van der Waals surface area contributed by atoms with Gasteiger partial charge in [0.15, 0.2) is 0 Å². The third-order valence-corrected chi connectivity index (χ3v) is 3.16. The van der Waals surface area contributed by atoms with Crippen molar-refractivity contribution in [3.05, 3.63) is 34.0 Å². The van der Waals surface area contributed by atoms with Crippen molar-refractivity contribution in [1.82, 2.24) is 0 Å². The Bertz CT molecular complexity index is 288. The summed E-state index contributed by atoms with van der Waals surface area (Å²) in [6.07, 6.45) is 1.97. The summed E-state index contributed by atoms with van der Waals surface area (Å²) < 4.78 is 0. The van der Waals surface area contributed by atoms with Crippen molar-refractivity contribution in [2.75, 3.05) is 0 Å². The first-order valence-electron chi connectivity index (χ1n) is 4.61. The van der Waals surface area contributed by atoms with Gasteiger partial charge in [-0.1, -0.05) is 12.5 Å². The van der Waals surface area contributed by atoms with Gasteiger partial charge < -0.3 is 5.73 Å². The zero-order valence-electron chi connectivity index (χ0n) is 8.34. The highest BCUT2D eigenvalue weighted by atomic mass is 32.1. The average molecular weight is 195 g/mol. The fourth-order valence-electron chi connectivity index (χ4n) is 1.43. The van der Waals surface area contributed by atoms with Crippen molar-refractivity contribution in [2.24, 2.45) is 5.73 Å². The van der Waals surface area contributed by atoms with Crippen LogP contribution < -0.4 is 5.73 Å². The first-order valence-corrected chi connectivity index (χ1v) is 5.49. The van der Waals surface area contributed by atoms with Crippen LogP contribution in [0.2, 0.25) is 0 Å². The van der Waals surface area contributed by atoms with Crippen molar-refractivity contribution >= 4 is 11.3 Å². The van der Waals surface area contributed by atoms with E-state index in [-0.39, 0.29) is 6.04 Å². The van der Waals surface area contributed by atoms with Gasteiger partial charge in [-0.2, -0.15) is 0 Å². The van der Waals surface area contributed by atoms with E-state index in [1.165, 1.54) is 10.4 Å². The quantitative estimate of drug-likeness (QED) is 0.733. The van der Waals surface area contributed by atoms with E-state index < -0.39 is 0 Å². The second-order valence-electron chi connectivity index (χ2n) is 3.43. The molecule has 0 aliphatic rings. The summed E-state index contributed by atoms with van der Waals surface area (Å²) in [6.45, 7) is 8.08. The van der Waals surface area contributed by atoms with Crippen LogP contribution in [0.3, 0.4) is 0 Å². The predicted octanol–water partition coefficient (Wildman–Crippen LogP) is 3.28. The standard InChI is InChI=1S/C11H17NS/c1-4-9-5-6-13-11(9)10(12)7-8(2)3/h5-6,10H,2,4,7,12H2,1,3H3. The van der Waals surface area contributed by atoms with E-state index in [9.17, 15) is 0 Å². The van der Waals surface area contributed by atoms with E-state index in [0.717, 1.165) is 18.4 Å². The molecule has 1 atom stereocenters. The summed E-state index contributed by atoms with van der Waals surface area (Å²) in [5.74, 6) is 0. The SMILES string of the molecule is C=C(C)CC(N)c1sccc1CC. The van der Waals surface area contributed by atoms with Crippen LogP contribution in [-0.2, 0) is 6.42 Å². The molecule has 0 bridgehead atoms. The molecule has 1 aromatic heterocycles. The fourth-order valence-corrected chi connectivity index (χ4v) is 2.43. The Morgan fingerprint density at radius 2 is 2.38 bits per heavy atom. The van der Waals surface area contributed by atoms with Crippen molar-refractivity contribution in [3.63, 3.8) is 0 Å². The van der Waals surface area contributed by atoms with E-state index >= 15 is 0 Å². The molecular formula is C11H17NS. The second-order valence-corrected chi connectivity index (χ2v) is 4.38. The molecule has 1 nitrogen and oxygen atoms in total. The molecule has 0 fully saturated rings. The van der Waals surface area contributed by atoms with Crippen LogP contribution in [0.4, 0.5) is 0 Å². The smallest absolute Gasteiger partial charge is 0.0429 e. The van der Waals surface area contributed by atoms with Gasteiger partial charge in [0, 0.05) is 10.9 Å². The van der Waals surface area contributed by atoms with E-state index in [4.69, 9.17) is 5.73 Å². The number of aryl methyl sites for hydroxylation is 1. The molecule has 0 amide bonds. The van der Waals surface area contributed by atoms with Crippen LogP contribution in [-0.4, -0.2) is 0 Å². The molecule has 1 heterocycles. The summed E-state index contributed by atoms with van der Waals surface area (Å²) in [5, 5.41) is 2.12. The van der Waals surface area contributed by atoms with Gasteiger partial charge in [-0.05, 0) is 36.8 Å². The lowest BCUT2D eigenvalue weighted by molar-refractivity contribution is 0.723. The van der Waals surface area contributed by atoms with Crippen LogP contribution in [0.25, 0.3) is 0 Å². The van der Waals surface area contributed by atoms with Gasteiger partial charge in [0.25, 0.3) is 0 Å². The summed E-state index contributed by atoms with van der Waals surface area (Å²) in [7, 11) is 0. The molecule has 1 aromatic rings. The van der Waals surface area contributed by atoms with Gasteiger partial charge in [-0.15, -0.1) is 17.9 Å². The molecule has 0 aliphatic heterocycles. The molecule has 0 radical (unpaired) electrons. The van der Waals surface area contributed by atoms with Crippen molar-refractivity contribution < 1.29 is 0 Å². The number of thiophene rings is 1. The van der Waals surface area contributed by atoms with Crippen LogP contribution in [0, 0.1) is 0 Å². The van der Waals surface area contributed by atoms with Gasteiger partial charge in [-0.3, -0.25) is 0 Å². The van der Waals surface area contributed by atoms with E-state index in [1.54, 1.807) is 11.3 Å². The van der Waals surface area contributed by atoms with Crippen molar-refractivity contribution in [1.29, 1.82) is 0 Å². The molecule has 0 aliphatic carbocycles. The maximum Gasteiger partial charge on any atom is 0.0429 e. The number of hydrogen-bond donors (Lipinski definition) is 1. The monoisotopic (exact) mass is 195 g/mol. The molecule has 72 valence electrons. The first-order chi connectivity index (χ1) is 6.15. The molecule has 0 saturated carbocycles. The third-order valence-electron chi connectivity index (χ3n) is 2.07. The van der Waals surface area contributed by atoms with Crippen LogP contribution in [0.1, 0.15) is 36.8 Å². The molecule has 0 aromatic carbocycles. The number of hydrogen-bond acceptors (Lipinski definition) is 2. The molecule has 13 heavy (non-hydrogen) atoms. The molecule has 1 unspecified atom stereocenters. The summed E-state index contributed by atoms with van der Waals surface area (Å²) in [5.41, 5.74) is 8.61. The van der Waals surface area contributed by atoms with Crippen LogP contribution in [0.15, 0.2) is 23.6 Å². The fraction of sp³-hybridized carbons (Fsp3) is 0.455. The Hall–Kier alpha value is -0.600.